The lowest BCUT2D eigenvalue weighted by Gasteiger charge is -2.23. The van der Waals surface area contributed by atoms with E-state index in [2.05, 4.69) is 5.32 Å². The van der Waals surface area contributed by atoms with Crippen molar-refractivity contribution in [1.82, 2.24) is 0 Å². The van der Waals surface area contributed by atoms with E-state index in [1.54, 1.807) is 0 Å². The molecule has 0 bridgehead atoms. The van der Waals surface area contributed by atoms with Crippen LogP contribution in [0.2, 0.25) is 0 Å². The maximum absolute atomic E-state index is 12.1. The highest BCUT2D eigenvalue weighted by molar-refractivity contribution is 5.96. The van der Waals surface area contributed by atoms with Gasteiger partial charge in [0.05, 0.1) is 0 Å². The van der Waals surface area contributed by atoms with Crippen molar-refractivity contribution in [2.75, 3.05) is 11.1 Å². The fourth-order valence-electron chi connectivity index (χ4n) is 1.50. The van der Waals surface area contributed by atoms with Crippen LogP contribution in [0.3, 0.4) is 0 Å². The number of nitrogen functional groups attached to an aromatic ring is 1. The van der Waals surface area contributed by atoms with Crippen molar-refractivity contribution >= 4 is 17.3 Å². The SMILES string of the molecule is CCC(C)(C)C(=O)Nc1c(C)ccc(N)c1C. The predicted molar refractivity (Wildman–Crippen MR) is 73.0 cm³/mol. The fourth-order valence-corrected chi connectivity index (χ4v) is 1.50. The lowest BCUT2D eigenvalue weighted by atomic mass is 9.89. The summed E-state index contributed by atoms with van der Waals surface area (Å²) in [5.41, 5.74) is 9.02. The van der Waals surface area contributed by atoms with Gasteiger partial charge in [0.1, 0.15) is 0 Å². The number of hydrogen-bond donors (Lipinski definition) is 2. The molecule has 3 heteroatoms. The van der Waals surface area contributed by atoms with Gasteiger partial charge in [-0.25, -0.2) is 0 Å². The maximum atomic E-state index is 12.1. The van der Waals surface area contributed by atoms with Crippen LogP contribution in [-0.4, -0.2) is 5.91 Å². The van der Waals surface area contributed by atoms with E-state index >= 15 is 0 Å². The average Bonchev–Trinajstić information content (AvgIpc) is 2.29. The minimum Gasteiger partial charge on any atom is -0.398 e. The molecule has 1 aromatic rings. The number of anilines is 2. The Kier molecular flexibility index (Phi) is 3.81. The zero-order valence-corrected chi connectivity index (χ0v) is 11.3. The summed E-state index contributed by atoms with van der Waals surface area (Å²) in [5, 5.41) is 2.99. The Morgan fingerprint density at radius 2 is 1.94 bits per heavy atom. The number of carbonyl (C=O) groups excluding carboxylic acids is 1. The van der Waals surface area contributed by atoms with E-state index < -0.39 is 0 Å². The molecule has 17 heavy (non-hydrogen) atoms. The molecule has 0 heterocycles. The molecule has 0 atom stereocenters. The van der Waals surface area contributed by atoms with E-state index in [9.17, 15) is 4.79 Å². The second-order valence-electron chi connectivity index (χ2n) is 5.16. The molecule has 1 rings (SSSR count). The molecule has 0 aliphatic heterocycles. The molecule has 94 valence electrons. The lowest BCUT2D eigenvalue weighted by Crippen LogP contribution is -2.30. The Morgan fingerprint density at radius 1 is 1.35 bits per heavy atom. The third-order valence-electron chi connectivity index (χ3n) is 3.45. The molecule has 0 aliphatic rings. The number of nitrogens with two attached hydrogens (primary N) is 1. The van der Waals surface area contributed by atoms with E-state index in [0.29, 0.717) is 5.69 Å². The quantitative estimate of drug-likeness (QED) is 0.789. The molecule has 0 radical (unpaired) electrons. The minimum absolute atomic E-state index is 0.0387. The van der Waals surface area contributed by atoms with Crippen LogP contribution in [0.4, 0.5) is 11.4 Å². The van der Waals surface area contributed by atoms with Crippen LogP contribution in [-0.2, 0) is 4.79 Å². The average molecular weight is 234 g/mol. The van der Waals surface area contributed by atoms with E-state index in [-0.39, 0.29) is 11.3 Å². The van der Waals surface area contributed by atoms with Crippen molar-refractivity contribution < 1.29 is 4.79 Å². The number of carbonyl (C=O) groups is 1. The Morgan fingerprint density at radius 3 is 2.47 bits per heavy atom. The number of amides is 1. The second-order valence-corrected chi connectivity index (χ2v) is 5.16. The Balaban J connectivity index is 3.04. The molecular weight excluding hydrogens is 212 g/mol. The van der Waals surface area contributed by atoms with E-state index in [1.807, 2.05) is 46.8 Å². The molecule has 0 aromatic heterocycles. The minimum atomic E-state index is -0.358. The molecule has 0 aliphatic carbocycles. The molecule has 0 fully saturated rings. The van der Waals surface area contributed by atoms with Crippen LogP contribution in [0.5, 0.6) is 0 Å². The molecule has 3 N–H and O–H groups in total. The highest BCUT2D eigenvalue weighted by atomic mass is 16.2. The van der Waals surface area contributed by atoms with Gasteiger partial charge in [0.15, 0.2) is 0 Å². The molecule has 0 spiro atoms. The van der Waals surface area contributed by atoms with Crippen LogP contribution in [0.1, 0.15) is 38.3 Å². The Labute approximate surface area is 103 Å². The Hall–Kier alpha value is -1.51. The summed E-state index contributed by atoms with van der Waals surface area (Å²) in [5.74, 6) is 0.0387. The highest BCUT2D eigenvalue weighted by Crippen LogP contribution is 2.28. The summed E-state index contributed by atoms with van der Waals surface area (Å²) in [4.78, 5) is 12.1. The zero-order valence-electron chi connectivity index (χ0n) is 11.3. The van der Waals surface area contributed by atoms with Crippen molar-refractivity contribution in [3.63, 3.8) is 0 Å². The number of aryl methyl sites for hydroxylation is 1. The van der Waals surface area contributed by atoms with Gasteiger partial charge >= 0.3 is 0 Å². The van der Waals surface area contributed by atoms with E-state index in [0.717, 1.165) is 23.2 Å². The van der Waals surface area contributed by atoms with Gasteiger partial charge in [-0.3, -0.25) is 4.79 Å². The predicted octanol–water partition coefficient (Wildman–Crippen LogP) is 3.26. The smallest absolute Gasteiger partial charge is 0.230 e. The summed E-state index contributed by atoms with van der Waals surface area (Å²) in [7, 11) is 0. The monoisotopic (exact) mass is 234 g/mol. The highest BCUT2D eigenvalue weighted by Gasteiger charge is 2.26. The van der Waals surface area contributed by atoms with Crippen molar-refractivity contribution in [2.45, 2.75) is 41.0 Å². The number of benzene rings is 1. The van der Waals surface area contributed by atoms with Gasteiger partial charge in [-0.05, 0) is 37.5 Å². The second kappa shape index (κ2) is 4.78. The maximum Gasteiger partial charge on any atom is 0.230 e. The van der Waals surface area contributed by atoms with Crippen LogP contribution in [0.25, 0.3) is 0 Å². The number of hydrogen-bond acceptors (Lipinski definition) is 2. The Bertz CT molecular complexity index is 436. The first-order valence-electron chi connectivity index (χ1n) is 5.96. The van der Waals surface area contributed by atoms with Gasteiger partial charge in [-0.2, -0.15) is 0 Å². The van der Waals surface area contributed by atoms with Gasteiger partial charge < -0.3 is 11.1 Å². The van der Waals surface area contributed by atoms with Crippen molar-refractivity contribution in [3.05, 3.63) is 23.3 Å². The summed E-state index contributed by atoms with van der Waals surface area (Å²) < 4.78 is 0. The van der Waals surface area contributed by atoms with Gasteiger partial charge in [0, 0.05) is 16.8 Å². The first kappa shape index (κ1) is 13.6. The van der Waals surface area contributed by atoms with Crippen molar-refractivity contribution in [1.29, 1.82) is 0 Å². The van der Waals surface area contributed by atoms with Gasteiger partial charge in [-0.1, -0.05) is 26.8 Å². The molecule has 3 nitrogen and oxygen atoms in total. The molecule has 0 unspecified atom stereocenters. The van der Waals surface area contributed by atoms with Crippen LogP contribution in [0, 0.1) is 19.3 Å². The summed E-state index contributed by atoms with van der Waals surface area (Å²) in [6.07, 6.45) is 0.805. The lowest BCUT2D eigenvalue weighted by molar-refractivity contribution is -0.124. The topological polar surface area (TPSA) is 55.1 Å². The van der Waals surface area contributed by atoms with Crippen molar-refractivity contribution in [2.24, 2.45) is 5.41 Å². The van der Waals surface area contributed by atoms with E-state index in [1.165, 1.54) is 0 Å². The standard InChI is InChI=1S/C14H22N2O/c1-6-14(4,5)13(17)16-12-9(2)7-8-11(15)10(12)3/h7-8H,6,15H2,1-5H3,(H,16,17). The summed E-state index contributed by atoms with van der Waals surface area (Å²) in [6.45, 7) is 9.80. The van der Waals surface area contributed by atoms with Gasteiger partial charge in [0.2, 0.25) is 5.91 Å². The molecule has 0 saturated carbocycles. The summed E-state index contributed by atoms with van der Waals surface area (Å²) in [6, 6.07) is 3.79. The first-order valence-corrected chi connectivity index (χ1v) is 5.96. The van der Waals surface area contributed by atoms with E-state index in [4.69, 9.17) is 5.73 Å². The third-order valence-corrected chi connectivity index (χ3v) is 3.45. The molecule has 1 aromatic carbocycles. The van der Waals surface area contributed by atoms with Crippen molar-refractivity contribution in [3.8, 4) is 0 Å². The summed E-state index contributed by atoms with van der Waals surface area (Å²) >= 11 is 0. The molecule has 1 amide bonds. The van der Waals surface area contributed by atoms with Crippen LogP contribution in [0.15, 0.2) is 12.1 Å². The largest absolute Gasteiger partial charge is 0.398 e. The number of rotatable bonds is 3. The normalized spacial score (nSPS) is 11.4. The van der Waals surface area contributed by atoms with Crippen LogP contribution < -0.4 is 11.1 Å². The molecule has 0 saturated heterocycles. The number of nitrogens with one attached hydrogen (secondary N) is 1. The van der Waals surface area contributed by atoms with Crippen LogP contribution >= 0.6 is 0 Å². The van der Waals surface area contributed by atoms with Gasteiger partial charge in [0.25, 0.3) is 0 Å². The first-order chi connectivity index (χ1) is 7.79. The fraction of sp³-hybridized carbons (Fsp3) is 0.500. The zero-order chi connectivity index (χ0) is 13.2. The third kappa shape index (κ3) is 2.78. The molecular formula is C14H22N2O. The van der Waals surface area contributed by atoms with Gasteiger partial charge in [-0.15, -0.1) is 0 Å².